The van der Waals surface area contributed by atoms with Gasteiger partial charge in [0, 0.05) is 13.1 Å². The summed E-state index contributed by atoms with van der Waals surface area (Å²) in [5.41, 5.74) is 0. The first-order valence-corrected chi connectivity index (χ1v) is 6.11. The maximum absolute atomic E-state index is 2.59. The van der Waals surface area contributed by atoms with Gasteiger partial charge in [0.25, 0.3) is 0 Å². The lowest BCUT2D eigenvalue weighted by Gasteiger charge is -2.46. The van der Waals surface area contributed by atoms with Crippen LogP contribution < -0.4 is 0 Å². The van der Waals surface area contributed by atoms with E-state index in [0.29, 0.717) is 0 Å². The number of piperidine rings is 2. The molecule has 0 atom stereocenters. The Balaban J connectivity index is 0.000000322. The monoisotopic (exact) mass is 185 g/mol. The van der Waals surface area contributed by atoms with Gasteiger partial charge in [-0.2, -0.15) is 0 Å². The zero-order valence-corrected chi connectivity index (χ0v) is 10.1. The van der Waals surface area contributed by atoms with Gasteiger partial charge in [0.05, 0.1) is 0 Å². The molecule has 1 heteroatoms. The molecule has 2 aliphatic heterocycles. The van der Waals surface area contributed by atoms with Crippen LogP contribution >= 0.6 is 0 Å². The van der Waals surface area contributed by atoms with Crippen LogP contribution in [0.2, 0.25) is 0 Å². The summed E-state index contributed by atoms with van der Waals surface area (Å²) in [6.45, 7) is 14.3. The van der Waals surface area contributed by atoms with Gasteiger partial charge in [0.15, 0.2) is 0 Å². The summed E-state index contributed by atoms with van der Waals surface area (Å²) in [4.78, 5) is 2.59. The van der Waals surface area contributed by atoms with Crippen LogP contribution in [0.4, 0.5) is 0 Å². The normalized spacial score (nSPS) is 30.2. The van der Waals surface area contributed by atoms with E-state index in [-0.39, 0.29) is 0 Å². The molecule has 2 bridgehead atoms. The molecule has 0 unspecified atom stereocenters. The van der Waals surface area contributed by atoms with Gasteiger partial charge >= 0.3 is 0 Å². The Morgan fingerprint density at radius 2 is 1.31 bits per heavy atom. The van der Waals surface area contributed by atoms with Gasteiger partial charge in [0.2, 0.25) is 0 Å². The minimum atomic E-state index is 1.09. The number of nitrogens with zero attached hydrogens (tertiary/aromatic N) is 1. The van der Waals surface area contributed by atoms with E-state index in [9.17, 15) is 0 Å². The maximum atomic E-state index is 2.59. The predicted octanol–water partition coefficient (Wildman–Crippen LogP) is 3.40. The zero-order valence-electron chi connectivity index (χ0n) is 10.1. The fourth-order valence-corrected chi connectivity index (χ4v) is 2.23. The van der Waals surface area contributed by atoms with Crippen molar-refractivity contribution in [3.63, 3.8) is 0 Å². The molecule has 1 nitrogen and oxygen atoms in total. The van der Waals surface area contributed by atoms with Crippen molar-refractivity contribution < 1.29 is 0 Å². The van der Waals surface area contributed by atoms with E-state index in [0.717, 1.165) is 11.8 Å². The van der Waals surface area contributed by atoms with Crippen LogP contribution in [0.1, 0.15) is 47.5 Å². The molecule has 1 saturated carbocycles. The molecule has 0 amide bonds. The van der Waals surface area contributed by atoms with Crippen LogP contribution in [0, 0.1) is 11.8 Å². The summed E-state index contributed by atoms with van der Waals surface area (Å²) in [6.07, 6.45) is 3.08. The molecule has 0 spiro atoms. The first-order chi connectivity index (χ1) is 6.38. The Hall–Kier alpha value is -0.0400. The SMILES string of the molecule is CC.CC.CCN1CC2CC(C2)C1. The van der Waals surface area contributed by atoms with E-state index in [1.165, 1.54) is 32.5 Å². The summed E-state index contributed by atoms with van der Waals surface area (Å²) in [5.74, 6) is 2.17. The van der Waals surface area contributed by atoms with Crippen molar-refractivity contribution >= 4 is 0 Å². The fourth-order valence-electron chi connectivity index (χ4n) is 2.23. The molecule has 0 aromatic heterocycles. The van der Waals surface area contributed by atoms with Crippen molar-refractivity contribution in [3.8, 4) is 0 Å². The summed E-state index contributed by atoms with van der Waals surface area (Å²) < 4.78 is 0. The van der Waals surface area contributed by atoms with Crippen molar-refractivity contribution in [2.24, 2.45) is 11.8 Å². The second-order valence-electron chi connectivity index (χ2n) is 3.56. The largest absolute Gasteiger partial charge is 0.303 e. The molecule has 80 valence electrons. The second kappa shape index (κ2) is 7.37. The van der Waals surface area contributed by atoms with E-state index in [4.69, 9.17) is 0 Å². The van der Waals surface area contributed by atoms with Crippen molar-refractivity contribution in [3.05, 3.63) is 0 Å². The highest BCUT2D eigenvalue weighted by molar-refractivity contribution is 4.88. The number of fused-ring (bicyclic) bond motifs is 2. The van der Waals surface area contributed by atoms with Gasteiger partial charge in [-0.1, -0.05) is 34.6 Å². The summed E-state index contributed by atoms with van der Waals surface area (Å²) in [5, 5.41) is 0. The van der Waals surface area contributed by atoms with Crippen LogP contribution in [0.25, 0.3) is 0 Å². The molecular weight excluding hydrogens is 158 g/mol. The molecule has 3 fully saturated rings. The van der Waals surface area contributed by atoms with Crippen LogP contribution in [-0.4, -0.2) is 24.5 Å². The molecule has 0 aromatic rings. The summed E-state index contributed by atoms with van der Waals surface area (Å²) in [7, 11) is 0. The second-order valence-corrected chi connectivity index (χ2v) is 3.56. The van der Waals surface area contributed by atoms with E-state index in [1.807, 2.05) is 27.7 Å². The summed E-state index contributed by atoms with van der Waals surface area (Å²) in [6, 6.07) is 0. The Bertz CT molecular complexity index is 95.7. The van der Waals surface area contributed by atoms with Crippen molar-refractivity contribution in [2.75, 3.05) is 19.6 Å². The molecule has 2 heterocycles. The molecule has 2 saturated heterocycles. The van der Waals surface area contributed by atoms with Gasteiger partial charge in [-0.15, -0.1) is 0 Å². The minimum absolute atomic E-state index is 1.09. The first-order valence-electron chi connectivity index (χ1n) is 6.11. The number of hydrogen-bond donors (Lipinski definition) is 0. The molecule has 3 aliphatic rings. The first kappa shape index (κ1) is 13.0. The highest BCUT2D eigenvalue weighted by Crippen LogP contribution is 2.38. The average molecular weight is 185 g/mol. The van der Waals surface area contributed by atoms with E-state index in [2.05, 4.69) is 11.8 Å². The Kier molecular flexibility index (Phi) is 7.35. The van der Waals surface area contributed by atoms with Gasteiger partial charge in [-0.05, 0) is 31.2 Å². The smallest absolute Gasteiger partial charge is 0.000988 e. The minimum Gasteiger partial charge on any atom is -0.303 e. The third kappa shape index (κ3) is 3.68. The van der Waals surface area contributed by atoms with Gasteiger partial charge in [-0.25, -0.2) is 0 Å². The molecule has 1 aliphatic carbocycles. The van der Waals surface area contributed by atoms with Gasteiger partial charge in [-0.3, -0.25) is 0 Å². The van der Waals surface area contributed by atoms with E-state index in [1.54, 1.807) is 0 Å². The third-order valence-corrected chi connectivity index (χ3v) is 2.81. The van der Waals surface area contributed by atoms with Crippen LogP contribution in [0.3, 0.4) is 0 Å². The van der Waals surface area contributed by atoms with Crippen molar-refractivity contribution in [1.82, 2.24) is 4.90 Å². The van der Waals surface area contributed by atoms with E-state index < -0.39 is 0 Å². The third-order valence-electron chi connectivity index (χ3n) is 2.81. The van der Waals surface area contributed by atoms with Gasteiger partial charge in [0.1, 0.15) is 0 Å². The lowest BCUT2D eigenvalue weighted by Crippen LogP contribution is -2.48. The topological polar surface area (TPSA) is 3.24 Å². The molecular formula is C12H27N. The lowest BCUT2D eigenvalue weighted by atomic mass is 9.71. The molecule has 0 N–H and O–H groups in total. The molecule has 0 aromatic carbocycles. The summed E-state index contributed by atoms with van der Waals surface area (Å²) >= 11 is 0. The average Bonchev–Trinajstić information content (AvgIpc) is 2.23. The zero-order chi connectivity index (χ0) is 10.3. The highest BCUT2D eigenvalue weighted by atomic mass is 15.1. The lowest BCUT2D eigenvalue weighted by molar-refractivity contribution is 0.0310. The fraction of sp³-hybridized carbons (Fsp3) is 1.00. The van der Waals surface area contributed by atoms with Crippen LogP contribution in [-0.2, 0) is 0 Å². The number of rotatable bonds is 1. The maximum Gasteiger partial charge on any atom is 0.000988 e. The van der Waals surface area contributed by atoms with E-state index >= 15 is 0 Å². The molecule has 13 heavy (non-hydrogen) atoms. The molecule has 0 radical (unpaired) electrons. The van der Waals surface area contributed by atoms with Crippen molar-refractivity contribution in [2.45, 2.75) is 47.5 Å². The van der Waals surface area contributed by atoms with Crippen molar-refractivity contribution in [1.29, 1.82) is 0 Å². The van der Waals surface area contributed by atoms with Crippen LogP contribution in [0.15, 0.2) is 0 Å². The van der Waals surface area contributed by atoms with Crippen LogP contribution in [0.5, 0.6) is 0 Å². The standard InChI is InChI=1S/C8H15N.2C2H6/c1-2-9-5-7-3-8(4-7)6-9;2*1-2/h7-8H,2-6H2,1H3;2*1-2H3. The van der Waals surface area contributed by atoms with Gasteiger partial charge < -0.3 is 4.90 Å². The Morgan fingerprint density at radius 3 is 1.54 bits per heavy atom. The quantitative estimate of drug-likeness (QED) is 0.605. The molecule has 3 rings (SSSR count). The highest BCUT2D eigenvalue weighted by Gasteiger charge is 2.35. The Labute approximate surface area is 84.5 Å². The Morgan fingerprint density at radius 1 is 0.923 bits per heavy atom. The number of hydrogen-bond acceptors (Lipinski definition) is 1. The predicted molar refractivity (Wildman–Crippen MR) is 61.0 cm³/mol.